The van der Waals surface area contributed by atoms with Crippen molar-refractivity contribution in [2.45, 2.75) is 41.5 Å². The molecule has 1 fully saturated rings. The van der Waals surface area contributed by atoms with Gasteiger partial charge in [0.05, 0.1) is 45.7 Å². The SMILES string of the molecule is Cc1ccc(S(=O)(=O)O)cc1.N#CC1CC(F)(F)CN1N(CC=O)C(=O)c1cc[n+]([O-])c2ccc(-c3ccc(S(=O)(=O)CCCN)cc3)cc12. The van der Waals surface area contributed by atoms with E-state index in [2.05, 4.69) is 0 Å². The van der Waals surface area contributed by atoms with Gasteiger partial charge < -0.3 is 15.7 Å². The normalized spacial score (nSPS) is 15.9. The van der Waals surface area contributed by atoms with Crippen molar-refractivity contribution in [2.24, 2.45) is 5.73 Å². The van der Waals surface area contributed by atoms with Crippen LogP contribution in [0.5, 0.6) is 0 Å². The van der Waals surface area contributed by atoms with E-state index in [0.717, 1.165) is 21.8 Å². The quantitative estimate of drug-likeness (QED) is 0.105. The number of nitrogens with zero attached hydrogens (tertiary/aromatic N) is 4. The first-order valence-electron chi connectivity index (χ1n) is 15.0. The minimum Gasteiger partial charge on any atom is -0.618 e. The molecule has 3 N–H and O–H groups in total. The molecule has 0 bridgehead atoms. The van der Waals surface area contributed by atoms with Gasteiger partial charge in [0.15, 0.2) is 16.0 Å². The Labute approximate surface area is 287 Å². The Bertz CT molecular complexity index is 2140. The molecule has 50 heavy (non-hydrogen) atoms. The molecule has 5 rings (SSSR count). The van der Waals surface area contributed by atoms with Gasteiger partial charge in [0.25, 0.3) is 21.9 Å². The second-order valence-electron chi connectivity index (χ2n) is 11.4. The first-order chi connectivity index (χ1) is 23.5. The first kappa shape index (κ1) is 38.0. The van der Waals surface area contributed by atoms with Crippen LogP contribution in [0.4, 0.5) is 8.78 Å². The number of amides is 1. The third-order valence-corrected chi connectivity index (χ3v) is 10.5. The van der Waals surface area contributed by atoms with Crippen LogP contribution in [0.25, 0.3) is 22.0 Å². The number of hydrogen-bond acceptors (Lipinski definition) is 10. The summed E-state index contributed by atoms with van der Waals surface area (Å²) in [7, 11) is -7.52. The predicted octanol–water partition coefficient (Wildman–Crippen LogP) is 3.29. The number of nitriles is 1. The maximum atomic E-state index is 14.1. The highest BCUT2D eigenvalue weighted by molar-refractivity contribution is 7.91. The molecule has 0 aliphatic carbocycles. The van der Waals surface area contributed by atoms with Gasteiger partial charge in [-0.2, -0.15) is 23.4 Å². The fourth-order valence-corrected chi connectivity index (χ4v) is 7.07. The third kappa shape index (κ3) is 8.83. The number of nitrogens with two attached hydrogens (primary N) is 1. The van der Waals surface area contributed by atoms with Crippen LogP contribution in [-0.2, 0) is 24.7 Å². The molecule has 1 saturated heterocycles. The minimum atomic E-state index is -4.02. The van der Waals surface area contributed by atoms with Gasteiger partial charge in [-0.1, -0.05) is 29.8 Å². The monoisotopic (exact) mass is 729 g/mol. The molecule has 4 aromatic rings. The van der Waals surface area contributed by atoms with Crippen LogP contribution >= 0.6 is 0 Å². The fourth-order valence-electron chi connectivity index (χ4n) is 5.26. The van der Waals surface area contributed by atoms with Crippen LogP contribution in [0.3, 0.4) is 0 Å². The molecule has 0 saturated carbocycles. The van der Waals surface area contributed by atoms with Crippen molar-refractivity contribution in [2.75, 3.05) is 25.4 Å². The van der Waals surface area contributed by atoms with Gasteiger partial charge in [0.2, 0.25) is 5.52 Å². The van der Waals surface area contributed by atoms with Crippen molar-refractivity contribution < 1.29 is 44.5 Å². The zero-order chi connectivity index (χ0) is 36.9. The van der Waals surface area contributed by atoms with Gasteiger partial charge in [0.1, 0.15) is 12.3 Å². The molecule has 13 nitrogen and oxygen atoms in total. The topological polar surface area (TPSA) is 206 Å². The summed E-state index contributed by atoms with van der Waals surface area (Å²) in [6, 6.07) is 18.4. The molecule has 1 unspecified atom stereocenters. The molecule has 1 aliphatic heterocycles. The fraction of sp³-hybridized carbons (Fsp3) is 0.273. The summed E-state index contributed by atoms with van der Waals surface area (Å²) >= 11 is 0. The van der Waals surface area contributed by atoms with Crippen molar-refractivity contribution in [3.05, 3.63) is 95.3 Å². The molecule has 2 heterocycles. The number of carbonyl (C=O) groups is 2. The van der Waals surface area contributed by atoms with Gasteiger partial charge in [-0.3, -0.25) is 14.4 Å². The summed E-state index contributed by atoms with van der Waals surface area (Å²) in [4.78, 5) is 25.0. The van der Waals surface area contributed by atoms with Gasteiger partial charge in [-0.15, -0.1) is 0 Å². The Morgan fingerprint density at radius 1 is 1.08 bits per heavy atom. The molecule has 1 aliphatic rings. The number of alkyl halides is 2. The number of benzene rings is 3. The minimum absolute atomic E-state index is 0.0336. The summed E-state index contributed by atoms with van der Waals surface area (Å²) < 4.78 is 83.2. The summed E-state index contributed by atoms with van der Waals surface area (Å²) in [5, 5.41) is 23.7. The van der Waals surface area contributed by atoms with Crippen molar-refractivity contribution in [1.82, 2.24) is 10.0 Å². The summed E-state index contributed by atoms with van der Waals surface area (Å²) in [6.07, 6.45) is 1.00. The second-order valence-corrected chi connectivity index (χ2v) is 14.9. The Morgan fingerprint density at radius 2 is 1.70 bits per heavy atom. The van der Waals surface area contributed by atoms with Crippen LogP contribution in [-0.4, -0.2) is 81.0 Å². The number of hydrogen-bond donors (Lipinski definition) is 2. The van der Waals surface area contributed by atoms with E-state index in [0.29, 0.717) is 28.6 Å². The number of hydrazine groups is 1. The Balaban J connectivity index is 0.000000435. The number of aromatic nitrogens is 1. The lowest BCUT2D eigenvalue weighted by atomic mass is 10.0. The van der Waals surface area contributed by atoms with E-state index >= 15 is 0 Å². The molecular weight excluding hydrogens is 697 g/mol. The predicted molar refractivity (Wildman–Crippen MR) is 178 cm³/mol. The number of carbonyl (C=O) groups excluding carboxylic acids is 2. The third-order valence-electron chi connectivity index (χ3n) is 7.80. The first-order valence-corrected chi connectivity index (χ1v) is 18.1. The number of rotatable bonds is 10. The van der Waals surface area contributed by atoms with E-state index in [4.69, 9.17) is 10.3 Å². The molecule has 3 aromatic carbocycles. The Morgan fingerprint density at radius 3 is 2.28 bits per heavy atom. The van der Waals surface area contributed by atoms with Crippen LogP contribution in [0.2, 0.25) is 0 Å². The molecule has 1 aromatic heterocycles. The maximum absolute atomic E-state index is 14.1. The van der Waals surface area contributed by atoms with Crippen LogP contribution < -0.4 is 10.5 Å². The van der Waals surface area contributed by atoms with Crippen molar-refractivity contribution >= 4 is 43.1 Å². The largest absolute Gasteiger partial charge is 0.618 e. The molecule has 264 valence electrons. The summed E-state index contributed by atoms with van der Waals surface area (Å²) in [5.41, 5.74) is 7.60. The lowest BCUT2D eigenvalue weighted by molar-refractivity contribution is -0.577. The van der Waals surface area contributed by atoms with Crippen molar-refractivity contribution in [1.29, 1.82) is 5.26 Å². The number of aldehydes is 1. The second kappa shape index (κ2) is 15.4. The van der Waals surface area contributed by atoms with E-state index in [1.807, 2.05) is 6.92 Å². The highest BCUT2D eigenvalue weighted by atomic mass is 32.2. The molecule has 0 spiro atoms. The van der Waals surface area contributed by atoms with Gasteiger partial charge in [-0.25, -0.2) is 17.2 Å². The average molecular weight is 730 g/mol. The standard InChI is InChI=1S/C26H25F2N5O5S.C7H8O3S/c27-26(28)15-20(16-30)32(17-26)31(11-12-34)25(35)22-8-10-33(36)24-7-4-19(14-23(22)24)18-2-5-21(6-3-18)39(37,38)13-1-9-29;1-6-2-4-7(5-3-6)11(8,9)10/h2-8,10,12,14,20H,1,9,11,13,15,17,29H2;2-5H,1H3,(H,8,9,10). The Kier molecular flexibility index (Phi) is 11.7. The lowest BCUT2D eigenvalue weighted by Gasteiger charge is -2.32. The van der Waals surface area contributed by atoms with Gasteiger partial charge >= 0.3 is 0 Å². The van der Waals surface area contributed by atoms with Crippen molar-refractivity contribution in [3.63, 3.8) is 0 Å². The van der Waals surface area contributed by atoms with Crippen LogP contribution in [0.15, 0.2) is 88.8 Å². The van der Waals surface area contributed by atoms with Crippen molar-refractivity contribution in [3.8, 4) is 17.2 Å². The number of halogens is 2. The maximum Gasteiger partial charge on any atom is 0.294 e. The van der Waals surface area contributed by atoms with E-state index in [-0.39, 0.29) is 38.6 Å². The molecule has 17 heteroatoms. The number of fused-ring (bicyclic) bond motifs is 1. The summed E-state index contributed by atoms with van der Waals surface area (Å²) in [5.74, 6) is -4.14. The molecular formula is C33H33F2N5O8S2. The number of pyridine rings is 1. The Hall–Kier alpha value is -4.86. The molecule has 1 atom stereocenters. The van der Waals surface area contributed by atoms with E-state index in [1.165, 1.54) is 36.4 Å². The van der Waals surface area contributed by atoms with Crippen LogP contribution in [0.1, 0.15) is 28.8 Å². The zero-order valence-electron chi connectivity index (χ0n) is 26.6. The zero-order valence-corrected chi connectivity index (χ0v) is 28.3. The van der Waals surface area contributed by atoms with Gasteiger partial charge in [-0.05, 0) is 67.4 Å². The highest BCUT2D eigenvalue weighted by Crippen LogP contribution is 2.34. The number of sulfone groups is 1. The van der Waals surface area contributed by atoms with Gasteiger partial charge in [0, 0.05) is 18.6 Å². The molecule has 1 amide bonds. The average Bonchev–Trinajstić information content (AvgIpc) is 3.40. The van der Waals surface area contributed by atoms with E-state index in [1.54, 1.807) is 42.5 Å². The lowest BCUT2D eigenvalue weighted by Crippen LogP contribution is -2.50. The van der Waals surface area contributed by atoms with Crippen LogP contribution in [0, 0.1) is 23.5 Å². The van der Waals surface area contributed by atoms with E-state index in [9.17, 15) is 45.7 Å². The summed E-state index contributed by atoms with van der Waals surface area (Å²) in [6.45, 7) is 0.605. The highest BCUT2D eigenvalue weighted by Gasteiger charge is 2.48. The number of aryl methyl sites for hydroxylation is 1. The molecule has 0 radical (unpaired) electrons. The smallest absolute Gasteiger partial charge is 0.294 e. The van der Waals surface area contributed by atoms with E-state index < -0.39 is 57.3 Å².